The molecule has 1 heterocycles. The van der Waals surface area contributed by atoms with Gasteiger partial charge in [0, 0.05) is 30.0 Å². The molecule has 0 unspecified atom stereocenters. The number of aliphatic hydroxyl groups is 4. The molecule has 2 aromatic rings. The molecular formula is C33H35BN4O12. The highest BCUT2D eigenvalue weighted by Gasteiger charge is 2.68. The maximum atomic E-state index is 14.1. The van der Waals surface area contributed by atoms with Crippen molar-refractivity contribution in [3.8, 4) is 5.75 Å². The SMILES string of the molecule is C[C@H]1c2ccc(NC(=O)CCC(=O)Nc3ccc4c(c3)B(O)OC4)c(O)c2C(O)=C2C(=O)[C@]3(O)C(O)=C(C(N)=O)C(=O)[C@@H](N(C)C)[C@@H]3[C@@H](O)[C@@H]21. The summed E-state index contributed by atoms with van der Waals surface area (Å²) in [5.41, 5.74) is 2.18. The molecule has 4 aliphatic rings. The van der Waals surface area contributed by atoms with Gasteiger partial charge < -0.3 is 51.6 Å². The van der Waals surface area contributed by atoms with Crippen LogP contribution in [0.2, 0.25) is 0 Å². The summed E-state index contributed by atoms with van der Waals surface area (Å²) in [5, 5.41) is 72.3. The number of carbonyl (C=O) groups is 5. The summed E-state index contributed by atoms with van der Waals surface area (Å²) in [6.07, 6.45) is -2.31. The highest BCUT2D eigenvalue weighted by Crippen LogP contribution is 2.56. The number of nitrogens with two attached hydrogens (primary N) is 1. The van der Waals surface area contributed by atoms with Gasteiger partial charge >= 0.3 is 7.12 Å². The van der Waals surface area contributed by atoms with Crippen LogP contribution < -0.4 is 21.8 Å². The van der Waals surface area contributed by atoms with Crippen LogP contribution in [0.5, 0.6) is 5.75 Å². The highest BCUT2D eigenvalue weighted by molar-refractivity contribution is 6.61. The minimum atomic E-state index is -3.06. The number of ketones is 2. The van der Waals surface area contributed by atoms with Crippen molar-refractivity contribution in [2.75, 3.05) is 24.7 Å². The number of phenolic OH excluding ortho intramolecular Hbond substituents is 1. The van der Waals surface area contributed by atoms with E-state index in [1.165, 1.54) is 31.1 Å². The minimum Gasteiger partial charge on any atom is -0.508 e. The van der Waals surface area contributed by atoms with E-state index in [1.807, 2.05) is 0 Å². The molecule has 1 aliphatic heterocycles. The fourth-order valence-corrected chi connectivity index (χ4v) is 7.67. The quantitative estimate of drug-likeness (QED) is 0.0967. The first-order valence-corrected chi connectivity index (χ1v) is 15.7. The molecule has 3 aliphatic carbocycles. The third-order valence-corrected chi connectivity index (χ3v) is 10.1. The Hall–Kier alpha value is -5.07. The molecule has 6 atom stereocenters. The largest absolute Gasteiger partial charge is 0.508 e. The molecule has 0 aromatic heterocycles. The molecule has 17 heteroatoms. The highest BCUT2D eigenvalue weighted by atomic mass is 16.5. The first kappa shape index (κ1) is 34.8. The predicted octanol–water partition coefficient (Wildman–Crippen LogP) is -0.929. The maximum Gasteiger partial charge on any atom is 0.491 e. The summed E-state index contributed by atoms with van der Waals surface area (Å²) in [7, 11) is 1.73. The average Bonchev–Trinajstić information content (AvgIpc) is 3.42. The van der Waals surface area contributed by atoms with Crippen molar-refractivity contribution in [1.82, 2.24) is 4.90 Å². The zero-order valence-corrected chi connectivity index (χ0v) is 27.1. The topological polar surface area (TPSA) is 269 Å². The first-order valence-electron chi connectivity index (χ1n) is 15.7. The number of likely N-dealkylation sites (N-methyl/N-ethyl adjacent to an activating group) is 1. The number of carbonyl (C=O) groups excluding carboxylic acids is 5. The van der Waals surface area contributed by atoms with Gasteiger partial charge in [-0.1, -0.05) is 19.1 Å². The van der Waals surface area contributed by atoms with Gasteiger partial charge in [-0.25, -0.2) is 0 Å². The van der Waals surface area contributed by atoms with Crippen LogP contribution in [0.3, 0.4) is 0 Å². The number of hydrogen-bond donors (Lipinski definition) is 9. The van der Waals surface area contributed by atoms with Crippen LogP contribution in [0, 0.1) is 11.8 Å². The van der Waals surface area contributed by atoms with Gasteiger partial charge in [0.25, 0.3) is 5.91 Å². The number of anilines is 2. The second-order valence-electron chi connectivity index (χ2n) is 13.1. The Kier molecular flexibility index (Phi) is 8.60. The van der Waals surface area contributed by atoms with E-state index in [2.05, 4.69) is 10.6 Å². The van der Waals surface area contributed by atoms with Crippen molar-refractivity contribution in [1.29, 1.82) is 0 Å². The summed E-state index contributed by atoms with van der Waals surface area (Å²) in [5.74, 6) is -11.5. The maximum absolute atomic E-state index is 14.1. The third kappa shape index (κ3) is 5.16. The van der Waals surface area contributed by atoms with Crippen LogP contribution in [0.4, 0.5) is 11.4 Å². The summed E-state index contributed by atoms with van der Waals surface area (Å²) < 4.78 is 5.14. The van der Waals surface area contributed by atoms with Gasteiger partial charge in [0.15, 0.2) is 11.4 Å². The standard InChI is InChI=1S/C33H35BN4O12/c1-12-15-6-7-17(37-19(40)9-8-18(39)36-14-5-4-13-11-50-34(49)16(13)10-14)26(41)21(15)27(42)22-20(12)28(43)24-25(38(2)3)29(44)23(32(35)47)31(46)33(24,48)30(22)45/h4-7,10,12,20,24-25,28,41-43,46,48-49H,8-9,11H2,1-3H3,(H2,35,47)(H,36,39)(H,37,40)/t12-,20+,24+,25-,28-,33-/m0/s1. The van der Waals surface area contributed by atoms with Gasteiger partial charge in [-0.3, -0.25) is 28.9 Å². The lowest BCUT2D eigenvalue weighted by Gasteiger charge is -2.53. The summed E-state index contributed by atoms with van der Waals surface area (Å²) in [4.78, 5) is 66.3. The Morgan fingerprint density at radius 2 is 1.72 bits per heavy atom. The molecule has 0 bridgehead atoms. The van der Waals surface area contributed by atoms with Crippen LogP contribution in [0.15, 0.2) is 47.2 Å². The normalized spacial score (nSPS) is 27.1. The number of aliphatic hydroxyl groups excluding tert-OH is 3. The van der Waals surface area contributed by atoms with Crippen LogP contribution in [0.25, 0.3) is 5.76 Å². The van der Waals surface area contributed by atoms with Crippen molar-refractivity contribution in [2.24, 2.45) is 17.6 Å². The number of nitrogens with one attached hydrogen (secondary N) is 2. The zero-order chi connectivity index (χ0) is 36.6. The molecule has 262 valence electrons. The van der Waals surface area contributed by atoms with Crippen molar-refractivity contribution in [3.05, 3.63) is 63.9 Å². The van der Waals surface area contributed by atoms with Crippen LogP contribution in [-0.2, 0) is 35.2 Å². The number of rotatable bonds is 7. The van der Waals surface area contributed by atoms with E-state index in [-0.39, 0.29) is 36.3 Å². The Morgan fingerprint density at radius 3 is 2.36 bits per heavy atom. The Labute approximate surface area is 285 Å². The van der Waals surface area contributed by atoms with Crippen molar-refractivity contribution >= 4 is 59.0 Å². The van der Waals surface area contributed by atoms with Crippen LogP contribution >= 0.6 is 0 Å². The fraction of sp³-hybridized carbons (Fsp3) is 0.364. The second kappa shape index (κ2) is 12.4. The van der Waals surface area contributed by atoms with Gasteiger partial charge in [0.2, 0.25) is 17.6 Å². The van der Waals surface area contributed by atoms with Crippen molar-refractivity contribution in [3.63, 3.8) is 0 Å². The third-order valence-electron chi connectivity index (χ3n) is 10.1. The Balaban J connectivity index is 1.27. The average molecular weight is 690 g/mol. The predicted molar refractivity (Wildman–Crippen MR) is 176 cm³/mol. The molecular weight excluding hydrogens is 655 g/mol. The zero-order valence-electron chi connectivity index (χ0n) is 27.1. The molecule has 2 aromatic carbocycles. The minimum absolute atomic E-state index is 0.186. The van der Waals surface area contributed by atoms with Gasteiger partial charge in [0.1, 0.15) is 22.8 Å². The van der Waals surface area contributed by atoms with E-state index < -0.39 is 100 Å². The second-order valence-corrected chi connectivity index (χ2v) is 13.1. The monoisotopic (exact) mass is 690 g/mol. The summed E-state index contributed by atoms with van der Waals surface area (Å²) in [6.45, 7) is 1.83. The molecule has 1 fully saturated rings. The van der Waals surface area contributed by atoms with Crippen LogP contribution in [-0.4, -0.2) is 104 Å². The van der Waals surface area contributed by atoms with E-state index in [0.29, 0.717) is 11.2 Å². The molecule has 6 rings (SSSR count). The number of benzene rings is 2. The molecule has 0 saturated heterocycles. The van der Waals surface area contributed by atoms with Gasteiger partial charge in [-0.05, 0) is 54.8 Å². The fourth-order valence-electron chi connectivity index (χ4n) is 7.67. The Morgan fingerprint density at radius 1 is 1.06 bits per heavy atom. The van der Waals surface area contributed by atoms with E-state index in [4.69, 9.17) is 10.4 Å². The summed E-state index contributed by atoms with van der Waals surface area (Å²) >= 11 is 0. The lowest BCUT2D eigenvalue weighted by Crippen LogP contribution is -2.70. The molecule has 0 radical (unpaired) electrons. The Bertz CT molecular complexity index is 1940. The number of phenols is 1. The van der Waals surface area contributed by atoms with Gasteiger partial charge in [-0.15, -0.1) is 0 Å². The molecule has 16 nitrogen and oxygen atoms in total. The van der Waals surface area contributed by atoms with Crippen molar-refractivity contribution < 1.29 is 59.2 Å². The number of primary amides is 1. The molecule has 10 N–H and O–H groups in total. The molecule has 3 amide bonds. The number of nitrogens with zero attached hydrogens (tertiary/aromatic N) is 1. The lowest BCUT2D eigenvalue weighted by molar-refractivity contribution is -0.169. The summed E-state index contributed by atoms with van der Waals surface area (Å²) in [6, 6.07) is 6.23. The lowest BCUT2D eigenvalue weighted by atomic mass is 9.54. The molecule has 0 spiro atoms. The number of amides is 3. The number of aromatic hydroxyl groups is 1. The first-order chi connectivity index (χ1) is 23.5. The molecule has 50 heavy (non-hydrogen) atoms. The number of fused-ring (bicyclic) bond motifs is 4. The van der Waals surface area contributed by atoms with Gasteiger partial charge in [-0.2, -0.15) is 0 Å². The van der Waals surface area contributed by atoms with E-state index in [0.717, 1.165) is 5.56 Å². The molecule has 1 saturated carbocycles. The van der Waals surface area contributed by atoms with Crippen molar-refractivity contribution in [2.45, 2.75) is 50.0 Å². The van der Waals surface area contributed by atoms with E-state index >= 15 is 0 Å². The number of hydrogen-bond acceptors (Lipinski definition) is 13. The van der Waals surface area contributed by atoms with Crippen LogP contribution in [0.1, 0.15) is 42.4 Å². The van der Waals surface area contributed by atoms with Gasteiger partial charge in [0.05, 0.1) is 35.9 Å². The number of Topliss-reactive ketones (excluding diaryl/α,β-unsaturated/α-hetero) is 2. The van der Waals surface area contributed by atoms with E-state index in [9.17, 15) is 54.5 Å². The van der Waals surface area contributed by atoms with E-state index in [1.54, 1.807) is 25.1 Å². The smallest absolute Gasteiger partial charge is 0.491 e.